The number of hydrogen-bond acceptors (Lipinski definition) is 2. The summed E-state index contributed by atoms with van der Waals surface area (Å²) < 4.78 is 13.6. The molecule has 0 saturated carbocycles. The molecule has 0 saturated heterocycles. The zero-order chi connectivity index (χ0) is 14.1. The molecule has 0 radical (unpaired) electrons. The number of halogens is 2. The maximum atomic E-state index is 13.6. The van der Waals surface area contributed by atoms with Crippen LogP contribution in [0.25, 0.3) is 0 Å². The maximum Gasteiger partial charge on any atom is 0.125 e. The van der Waals surface area contributed by atoms with Gasteiger partial charge in [-0.3, -0.25) is 0 Å². The lowest BCUT2D eigenvalue weighted by molar-refractivity contribution is 0.609. The molecule has 2 N–H and O–H groups in total. The summed E-state index contributed by atoms with van der Waals surface area (Å²) in [5, 5.41) is 0.408. The topological polar surface area (TPSA) is 29.3 Å². The van der Waals surface area contributed by atoms with Crippen molar-refractivity contribution in [3.63, 3.8) is 0 Å². The van der Waals surface area contributed by atoms with Gasteiger partial charge in [0.1, 0.15) is 5.82 Å². The molecular formula is C16H16ClFN2. The summed E-state index contributed by atoms with van der Waals surface area (Å²) in [7, 11) is 0. The van der Waals surface area contributed by atoms with E-state index in [1.165, 1.54) is 23.4 Å². The SMILES string of the molecule is NCC(c1cc(F)cc(Cl)c1)N1CCc2ccccc21. The molecule has 4 heteroatoms. The molecule has 1 unspecified atom stereocenters. The Morgan fingerprint density at radius 2 is 2.05 bits per heavy atom. The summed E-state index contributed by atoms with van der Waals surface area (Å²) >= 11 is 5.96. The second kappa shape index (κ2) is 5.43. The minimum atomic E-state index is -0.321. The van der Waals surface area contributed by atoms with Crippen molar-refractivity contribution < 1.29 is 4.39 Å². The van der Waals surface area contributed by atoms with Crippen LogP contribution in [-0.4, -0.2) is 13.1 Å². The summed E-state index contributed by atoms with van der Waals surface area (Å²) in [5.41, 5.74) is 9.26. The van der Waals surface area contributed by atoms with Gasteiger partial charge in [0.25, 0.3) is 0 Å². The van der Waals surface area contributed by atoms with Crippen LogP contribution in [0.4, 0.5) is 10.1 Å². The summed E-state index contributed by atoms with van der Waals surface area (Å²) in [5.74, 6) is -0.321. The van der Waals surface area contributed by atoms with Gasteiger partial charge in [-0.25, -0.2) is 4.39 Å². The van der Waals surface area contributed by atoms with Gasteiger partial charge in [0, 0.05) is 23.8 Å². The number of para-hydroxylation sites is 1. The minimum Gasteiger partial charge on any atom is -0.363 e. The fourth-order valence-corrected chi connectivity index (χ4v) is 3.13. The van der Waals surface area contributed by atoms with E-state index in [0.29, 0.717) is 11.6 Å². The van der Waals surface area contributed by atoms with Gasteiger partial charge in [-0.2, -0.15) is 0 Å². The molecule has 1 aliphatic heterocycles. The summed E-state index contributed by atoms with van der Waals surface area (Å²) in [4.78, 5) is 2.24. The number of benzene rings is 2. The molecule has 1 heterocycles. The summed E-state index contributed by atoms with van der Waals surface area (Å²) in [6.45, 7) is 1.32. The molecule has 1 atom stereocenters. The molecule has 0 spiro atoms. The molecule has 0 aromatic heterocycles. The zero-order valence-electron chi connectivity index (χ0n) is 11.0. The summed E-state index contributed by atoms with van der Waals surface area (Å²) in [6.07, 6.45) is 0.996. The van der Waals surface area contributed by atoms with E-state index < -0.39 is 0 Å². The van der Waals surface area contributed by atoms with Gasteiger partial charge in [0.2, 0.25) is 0 Å². The van der Waals surface area contributed by atoms with E-state index in [0.717, 1.165) is 18.5 Å². The van der Waals surface area contributed by atoms with Crippen LogP contribution in [0, 0.1) is 5.82 Å². The lowest BCUT2D eigenvalue weighted by Gasteiger charge is -2.30. The van der Waals surface area contributed by atoms with Gasteiger partial charge >= 0.3 is 0 Å². The highest BCUT2D eigenvalue weighted by Gasteiger charge is 2.26. The summed E-state index contributed by atoms with van der Waals surface area (Å²) in [6, 6.07) is 12.9. The average molecular weight is 291 g/mol. The molecule has 0 fully saturated rings. The normalized spacial score (nSPS) is 15.2. The molecule has 20 heavy (non-hydrogen) atoms. The van der Waals surface area contributed by atoms with Crippen LogP contribution in [0.2, 0.25) is 5.02 Å². The van der Waals surface area contributed by atoms with Gasteiger partial charge in [0.15, 0.2) is 0 Å². The van der Waals surface area contributed by atoms with Crippen molar-refractivity contribution >= 4 is 17.3 Å². The number of nitrogens with two attached hydrogens (primary N) is 1. The molecule has 0 aliphatic carbocycles. The first-order valence-corrected chi connectivity index (χ1v) is 7.07. The number of nitrogens with zero attached hydrogens (tertiary/aromatic N) is 1. The molecule has 2 aromatic rings. The molecular weight excluding hydrogens is 275 g/mol. The molecule has 104 valence electrons. The Bertz CT molecular complexity index is 609. The number of fused-ring (bicyclic) bond motifs is 1. The van der Waals surface area contributed by atoms with Crippen LogP contribution < -0.4 is 10.6 Å². The third-order valence-electron chi connectivity index (χ3n) is 3.79. The Hall–Kier alpha value is -1.58. The smallest absolute Gasteiger partial charge is 0.125 e. The molecule has 0 amide bonds. The van der Waals surface area contributed by atoms with E-state index in [1.54, 1.807) is 6.07 Å². The lowest BCUT2D eigenvalue weighted by atomic mass is 10.0. The Kier molecular flexibility index (Phi) is 3.64. The second-order valence-corrected chi connectivity index (χ2v) is 5.46. The third kappa shape index (κ3) is 2.39. The monoisotopic (exact) mass is 290 g/mol. The van der Waals surface area contributed by atoms with E-state index in [9.17, 15) is 4.39 Å². The number of hydrogen-bond donors (Lipinski definition) is 1. The van der Waals surface area contributed by atoms with E-state index in [2.05, 4.69) is 17.0 Å². The largest absolute Gasteiger partial charge is 0.363 e. The van der Waals surface area contributed by atoms with Gasteiger partial charge in [-0.1, -0.05) is 29.8 Å². The Morgan fingerprint density at radius 3 is 2.80 bits per heavy atom. The van der Waals surface area contributed by atoms with Crippen LogP contribution in [0.15, 0.2) is 42.5 Å². The minimum absolute atomic E-state index is 0.0492. The average Bonchev–Trinajstić information content (AvgIpc) is 2.83. The van der Waals surface area contributed by atoms with E-state index in [-0.39, 0.29) is 11.9 Å². The van der Waals surface area contributed by atoms with Crippen molar-refractivity contribution in [2.45, 2.75) is 12.5 Å². The highest BCUT2D eigenvalue weighted by atomic mass is 35.5. The van der Waals surface area contributed by atoms with Crippen LogP contribution >= 0.6 is 11.6 Å². The van der Waals surface area contributed by atoms with E-state index >= 15 is 0 Å². The molecule has 2 nitrogen and oxygen atoms in total. The second-order valence-electron chi connectivity index (χ2n) is 5.03. The van der Waals surface area contributed by atoms with Gasteiger partial charge in [-0.05, 0) is 41.8 Å². The molecule has 1 aliphatic rings. The van der Waals surface area contributed by atoms with Crippen molar-refractivity contribution in [1.29, 1.82) is 0 Å². The van der Waals surface area contributed by atoms with Gasteiger partial charge < -0.3 is 10.6 Å². The fraction of sp³-hybridized carbons (Fsp3) is 0.250. The molecule has 3 rings (SSSR count). The predicted octanol–water partition coefficient (Wildman–Crippen LogP) is 3.54. The highest BCUT2D eigenvalue weighted by molar-refractivity contribution is 6.30. The first kappa shape index (κ1) is 13.4. The van der Waals surface area contributed by atoms with Crippen LogP contribution in [0.3, 0.4) is 0 Å². The zero-order valence-corrected chi connectivity index (χ0v) is 11.8. The first-order chi connectivity index (χ1) is 9.69. The van der Waals surface area contributed by atoms with Crippen LogP contribution in [0.1, 0.15) is 17.2 Å². The van der Waals surface area contributed by atoms with Crippen molar-refractivity contribution in [3.8, 4) is 0 Å². The fourth-order valence-electron chi connectivity index (χ4n) is 2.90. The molecule has 2 aromatic carbocycles. The first-order valence-electron chi connectivity index (χ1n) is 6.69. The van der Waals surface area contributed by atoms with E-state index in [4.69, 9.17) is 17.3 Å². The standard InChI is InChI=1S/C16H16ClFN2/c17-13-7-12(8-14(18)9-13)16(10-19)20-6-5-11-3-1-2-4-15(11)20/h1-4,7-9,16H,5-6,10,19H2. The molecule has 0 bridgehead atoms. The lowest BCUT2D eigenvalue weighted by Crippen LogP contribution is -2.32. The third-order valence-corrected chi connectivity index (χ3v) is 4.01. The Morgan fingerprint density at radius 1 is 1.25 bits per heavy atom. The van der Waals surface area contributed by atoms with Crippen LogP contribution in [0.5, 0.6) is 0 Å². The van der Waals surface area contributed by atoms with Crippen molar-refractivity contribution in [3.05, 3.63) is 64.4 Å². The van der Waals surface area contributed by atoms with Crippen molar-refractivity contribution in [2.24, 2.45) is 5.73 Å². The van der Waals surface area contributed by atoms with Gasteiger partial charge in [0.05, 0.1) is 6.04 Å². The van der Waals surface area contributed by atoms with Crippen molar-refractivity contribution in [2.75, 3.05) is 18.0 Å². The van der Waals surface area contributed by atoms with Crippen LogP contribution in [-0.2, 0) is 6.42 Å². The number of anilines is 1. The number of rotatable bonds is 3. The Labute approximate surface area is 123 Å². The quantitative estimate of drug-likeness (QED) is 0.937. The van der Waals surface area contributed by atoms with E-state index in [1.807, 2.05) is 12.1 Å². The maximum absolute atomic E-state index is 13.6. The van der Waals surface area contributed by atoms with Gasteiger partial charge in [-0.15, -0.1) is 0 Å². The predicted molar refractivity (Wildman–Crippen MR) is 80.7 cm³/mol. The Balaban J connectivity index is 1.99. The highest BCUT2D eigenvalue weighted by Crippen LogP contribution is 2.35. The van der Waals surface area contributed by atoms with Crippen molar-refractivity contribution in [1.82, 2.24) is 0 Å².